The monoisotopic (exact) mass is 305 g/mol. The molecule has 1 aromatic carbocycles. The Morgan fingerprint density at radius 3 is 2.62 bits per heavy atom. The molecule has 112 valence electrons. The molecule has 0 aliphatic heterocycles. The summed E-state index contributed by atoms with van der Waals surface area (Å²) in [5.41, 5.74) is 8.68. The molecule has 0 aliphatic carbocycles. The molecule has 1 unspecified atom stereocenters. The minimum absolute atomic E-state index is 0.112. The average molecular weight is 306 g/mol. The third-order valence-electron chi connectivity index (χ3n) is 3.59. The molecule has 5 heteroatoms. The van der Waals surface area contributed by atoms with E-state index in [1.54, 1.807) is 11.7 Å². The van der Waals surface area contributed by atoms with E-state index in [1.807, 2.05) is 37.3 Å². The normalized spacial score (nSPS) is 12.4. The van der Waals surface area contributed by atoms with E-state index in [0.29, 0.717) is 24.3 Å². The van der Waals surface area contributed by atoms with E-state index in [-0.39, 0.29) is 11.8 Å². The molecule has 0 fully saturated rings. The molecule has 0 aliphatic rings. The molecule has 0 spiro atoms. The highest BCUT2D eigenvalue weighted by atomic mass is 35.5. The van der Waals surface area contributed by atoms with Crippen LogP contribution in [0.15, 0.2) is 30.3 Å². The number of halogens is 1. The van der Waals surface area contributed by atoms with E-state index in [0.717, 1.165) is 17.0 Å². The van der Waals surface area contributed by atoms with Gasteiger partial charge in [0.15, 0.2) is 0 Å². The first-order valence-corrected chi connectivity index (χ1v) is 7.37. The van der Waals surface area contributed by atoms with Crippen LogP contribution in [0.1, 0.15) is 35.8 Å². The van der Waals surface area contributed by atoms with Crippen molar-refractivity contribution in [3.8, 4) is 0 Å². The lowest BCUT2D eigenvalue weighted by atomic mass is 10.0. The maximum Gasteiger partial charge on any atom is 0.138 e. The van der Waals surface area contributed by atoms with Gasteiger partial charge in [-0.15, -0.1) is 0 Å². The summed E-state index contributed by atoms with van der Waals surface area (Å²) in [6.07, 6.45) is 1.38. The van der Waals surface area contributed by atoms with Crippen molar-refractivity contribution in [3.63, 3.8) is 0 Å². The topological polar surface area (TPSA) is 60.9 Å². The van der Waals surface area contributed by atoms with Crippen molar-refractivity contribution in [2.75, 3.05) is 0 Å². The van der Waals surface area contributed by atoms with Gasteiger partial charge in [0.1, 0.15) is 5.78 Å². The van der Waals surface area contributed by atoms with Crippen LogP contribution in [0.5, 0.6) is 0 Å². The van der Waals surface area contributed by atoms with Gasteiger partial charge in [-0.3, -0.25) is 9.48 Å². The number of carbonyl (C=O) groups excluding carboxylic acids is 1. The quantitative estimate of drug-likeness (QED) is 0.892. The van der Waals surface area contributed by atoms with Gasteiger partial charge in [0.2, 0.25) is 0 Å². The number of hydrogen-bond acceptors (Lipinski definition) is 3. The number of Topliss-reactive ketones (excluding diaryl/α,β-unsaturated/α-hetero) is 1. The summed E-state index contributed by atoms with van der Waals surface area (Å²) < 4.78 is 1.67. The SMILES string of the molecule is Cc1nn(C)c(CC(=O)CCC(N)c2ccccc2)c1Cl. The van der Waals surface area contributed by atoms with Crippen molar-refractivity contribution in [3.05, 3.63) is 52.3 Å². The van der Waals surface area contributed by atoms with E-state index >= 15 is 0 Å². The summed E-state index contributed by atoms with van der Waals surface area (Å²) in [7, 11) is 1.80. The lowest BCUT2D eigenvalue weighted by Crippen LogP contribution is -2.14. The summed E-state index contributed by atoms with van der Waals surface area (Å²) in [4.78, 5) is 12.1. The number of rotatable bonds is 6. The molecule has 0 radical (unpaired) electrons. The van der Waals surface area contributed by atoms with Crippen molar-refractivity contribution in [2.24, 2.45) is 12.8 Å². The lowest BCUT2D eigenvalue weighted by molar-refractivity contribution is -0.118. The number of aryl methyl sites for hydroxylation is 2. The Morgan fingerprint density at radius 1 is 1.38 bits per heavy atom. The second-order valence-electron chi connectivity index (χ2n) is 5.24. The number of carbonyl (C=O) groups is 1. The van der Waals surface area contributed by atoms with Gasteiger partial charge in [0.25, 0.3) is 0 Å². The number of benzene rings is 1. The molecule has 2 N–H and O–H groups in total. The molecule has 4 nitrogen and oxygen atoms in total. The fraction of sp³-hybridized carbons (Fsp3) is 0.375. The highest BCUT2D eigenvalue weighted by Crippen LogP contribution is 2.21. The zero-order valence-electron chi connectivity index (χ0n) is 12.3. The van der Waals surface area contributed by atoms with Crippen LogP contribution in [0.2, 0.25) is 5.02 Å². The largest absolute Gasteiger partial charge is 0.324 e. The summed E-state index contributed by atoms with van der Waals surface area (Å²) in [5.74, 6) is 0.131. The van der Waals surface area contributed by atoms with Crippen molar-refractivity contribution >= 4 is 17.4 Å². The van der Waals surface area contributed by atoms with Crippen molar-refractivity contribution in [1.29, 1.82) is 0 Å². The van der Waals surface area contributed by atoms with Gasteiger partial charge in [-0.2, -0.15) is 5.10 Å². The number of nitrogens with two attached hydrogens (primary N) is 1. The van der Waals surface area contributed by atoms with Crippen molar-refractivity contribution in [1.82, 2.24) is 9.78 Å². The van der Waals surface area contributed by atoms with Crippen LogP contribution in [0.25, 0.3) is 0 Å². The van der Waals surface area contributed by atoms with Gasteiger partial charge in [-0.05, 0) is 18.9 Å². The zero-order valence-corrected chi connectivity index (χ0v) is 13.1. The second-order valence-corrected chi connectivity index (χ2v) is 5.62. The Labute approximate surface area is 129 Å². The minimum Gasteiger partial charge on any atom is -0.324 e. The van der Waals surface area contributed by atoms with Gasteiger partial charge in [-0.1, -0.05) is 41.9 Å². The van der Waals surface area contributed by atoms with Gasteiger partial charge in [-0.25, -0.2) is 0 Å². The molecule has 1 heterocycles. The third kappa shape index (κ3) is 3.93. The van der Waals surface area contributed by atoms with E-state index in [4.69, 9.17) is 17.3 Å². The third-order valence-corrected chi connectivity index (χ3v) is 4.08. The Balaban J connectivity index is 1.91. The van der Waals surface area contributed by atoms with E-state index in [1.165, 1.54) is 0 Å². The number of hydrogen-bond donors (Lipinski definition) is 1. The summed E-state index contributed by atoms with van der Waals surface area (Å²) >= 11 is 6.16. The Kier molecular flexibility index (Phi) is 5.15. The molecule has 0 bridgehead atoms. The second kappa shape index (κ2) is 6.87. The number of aromatic nitrogens is 2. The van der Waals surface area contributed by atoms with Crippen LogP contribution in [0.4, 0.5) is 0 Å². The maximum absolute atomic E-state index is 12.1. The average Bonchev–Trinajstić information content (AvgIpc) is 2.72. The molecule has 1 aromatic heterocycles. The molecule has 0 saturated carbocycles. The maximum atomic E-state index is 12.1. The Morgan fingerprint density at radius 2 is 2.05 bits per heavy atom. The van der Waals surface area contributed by atoms with E-state index < -0.39 is 0 Å². The Bertz CT molecular complexity index is 622. The zero-order chi connectivity index (χ0) is 15.4. The summed E-state index contributed by atoms with van der Waals surface area (Å²) in [6, 6.07) is 9.71. The highest BCUT2D eigenvalue weighted by molar-refractivity contribution is 6.32. The van der Waals surface area contributed by atoms with Crippen molar-refractivity contribution < 1.29 is 4.79 Å². The Hall–Kier alpha value is -1.65. The van der Waals surface area contributed by atoms with Crippen LogP contribution in [0.3, 0.4) is 0 Å². The number of nitrogens with zero attached hydrogens (tertiary/aromatic N) is 2. The van der Waals surface area contributed by atoms with Gasteiger partial charge < -0.3 is 5.73 Å². The fourth-order valence-corrected chi connectivity index (χ4v) is 2.56. The molecule has 2 rings (SSSR count). The highest BCUT2D eigenvalue weighted by Gasteiger charge is 2.16. The summed E-state index contributed by atoms with van der Waals surface area (Å²) in [6.45, 7) is 1.83. The molecule has 21 heavy (non-hydrogen) atoms. The molecule has 2 aromatic rings. The molecule has 1 atom stereocenters. The molecular formula is C16H20ClN3O. The molecule has 0 amide bonds. The van der Waals surface area contributed by atoms with Crippen LogP contribution in [0, 0.1) is 6.92 Å². The van der Waals surface area contributed by atoms with Gasteiger partial charge in [0, 0.05) is 25.9 Å². The van der Waals surface area contributed by atoms with Crippen LogP contribution in [-0.2, 0) is 18.3 Å². The molecule has 0 saturated heterocycles. The lowest BCUT2D eigenvalue weighted by Gasteiger charge is -2.11. The van der Waals surface area contributed by atoms with Crippen LogP contribution >= 0.6 is 11.6 Å². The van der Waals surface area contributed by atoms with Crippen molar-refractivity contribution in [2.45, 2.75) is 32.2 Å². The number of ketones is 1. The minimum atomic E-state index is -0.112. The smallest absolute Gasteiger partial charge is 0.138 e. The van der Waals surface area contributed by atoms with Crippen LogP contribution < -0.4 is 5.73 Å². The van der Waals surface area contributed by atoms with E-state index in [2.05, 4.69) is 5.10 Å². The first-order chi connectivity index (χ1) is 9.99. The predicted octanol–water partition coefficient (Wildman–Crippen LogP) is 2.97. The first kappa shape index (κ1) is 15.7. The van der Waals surface area contributed by atoms with Gasteiger partial charge >= 0.3 is 0 Å². The first-order valence-electron chi connectivity index (χ1n) is 6.99. The summed E-state index contributed by atoms with van der Waals surface area (Å²) in [5, 5.41) is 4.80. The predicted molar refractivity (Wildman–Crippen MR) is 84.3 cm³/mol. The van der Waals surface area contributed by atoms with Gasteiger partial charge in [0.05, 0.1) is 16.4 Å². The fourth-order valence-electron chi connectivity index (χ4n) is 2.33. The standard InChI is InChI=1S/C16H20ClN3O/c1-11-16(17)15(20(2)19-11)10-13(21)8-9-14(18)12-6-4-3-5-7-12/h3-7,14H,8-10,18H2,1-2H3. The van der Waals surface area contributed by atoms with Crippen LogP contribution in [-0.4, -0.2) is 15.6 Å². The van der Waals surface area contributed by atoms with E-state index in [9.17, 15) is 4.79 Å². The molecular weight excluding hydrogens is 286 g/mol.